The monoisotopic (exact) mass is 244 g/mol. The minimum Gasteiger partial charge on any atom is -0.459 e. The van der Waals surface area contributed by atoms with Crippen LogP contribution in [0.4, 0.5) is 11.6 Å². The summed E-state index contributed by atoms with van der Waals surface area (Å²) in [7, 11) is 0. The summed E-state index contributed by atoms with van der Waals surface area (Å²) in [5.41, 5.74) is 0. The van der Waals surface area contributed by atoms with Gasteiger partial charge in [-0.15, -0.1) is 16.8 Å². The van der Waals surface area contributed by atoms with Crippen LogP contribution in [-0.2, 0) is 0 Å². The van der Waals surface area contributed by atoms with Gasteiger partial charge in [0, 0.05) is 6.54 Å². The van der Waals surface area contributed by atoms with E-state index in [4.69, 9.17) is 4.42 Å². The molecule has 2 aromatic rings. The first-order valence-corrected chi connectivity index (χ1v) is 5.33. The molecule has 2 N–H and O–H groups in total. The van der Waals surface area contributed by atoms with Gasteiger partial charge in [-0.05, 0) is 24.3 Å². The number of rotatable bonds is 5. The van der Waals surface area contributed by atoms with E-state index in [9.17, 15) is 4.79 Å². The van der Waals surface area contributed by atoms with E-state index in [-0.39, 0.29) is 11.7 Å². The second-order valence-electron chi connectivity index (χ2n) is 3.40. The molecule has 2 rings (SSSR count). The van der Waals surface area contributed by atoms with E-state index in [1.54, 1.807) is 30.3 Å². The van der Waals surface area contributed by atoms with Crippen molar-refractivity contribution >= 4 is 17.5 Å². The molecule has 92 valence electrons. The minimum absolute atomic E-state index is 0.227. The smallest absolute Gasteiger partial charge is 0.292 e. The second-order valence-corrected chi connectivity index (χ2v) is 3.40. The molecule has 0 aliphatic heterocycles. The molecule has 0 spiro atoms. The third kappa shape index (κ3) is 2.94. The van der Waals surface area contributed by atoms with Gasteiger partial charge in [0.05, 0.1) is 6.26 Å². The van der Waals surface area contributed by atoms with Gasteiger partial charge in [-0.25, -0.2) is 0 Å². The Morgan fingerprint density at radius 3 is 2.72 bits per heavy atom. The lowest BCUT2D eigenvalue weighted by molar-refractivity contribution is 0.0996. The Balaban J connectivity index is 1.98. The van der Waals surface area contributed by atoms with E-state index in [0.717, 1.165) is 0 Å². The lowest BCUT2D eigenvalue weighted by atomic mass is 10.4. The van der Waals surface area contributed by atoms with Crippen LogP contribution in [0.1, 0.15) is 10.6 Å². The van der Waals surface area contributed by atoms with Gasteiger partial charge in [0.2, 0.25) is 0 Å². The number of nitrogens with one attached hydrogen (secondary N) is 2. The van der Waals surface area contributed by atoms with E-state index in [2.05, 4.69) is 27.4 Å². The van der Waals surface area contributed by atoms with Crippen molar-refractivity contribution in [3.8, 4) is 0 Å². The van der Waals surface area contributed by atoms with Crippen LogP contribution >= 0.6 is 0 Å². The predicted octanol–water partition coefficient (Wildman–Crippen LogP) is 1.92. The van der Waals surface area contributed by atoms with E-state index in [0.29, 0.717) is 18.2 Å². The van der Waals surface area contributed by atoms with Crippen molar-refractivity contribution in [1.29, 1.82) is 0 Å². The Hall–Kier alpha value is -2.63. The van der Waals surface area contributed by atoms with E-state index in [1.165, 1.54) is 6.26 Å². The van der Waals surface area contributed by atoms with Crippen molar-refractivity contribution in [2.45, 2.75) is 0 Å². The SMILES string of the molecule is C=CCNc1ccc(NC(=O)c2ccco2)nn1. The number of carbonyl (C=O) groups is 1. The molecule has 6 nitrogen and oxygen atoms in total. The van der Waals surface area contributed by atoms with Gasteiger partial charge in [-0.2, -0.15) is 0 Å². The summed E-state index contributed by atoms with van der Waals surface area (Å²) in [4.78, 5) is 11.6. The van der Waals surface area contributed by atoms with Gasteiger partial charge in [0.1, 0.15) is 5.82 Å². The zero-order valence-electron chi connectivity index (χ0n) is 9.59. The first kappa shape index (κ1) is 11.8. The Morgan fingerprint density at radius 1 is 1.33 bits per heavy atom. The summed E-state index contributed by atoms with van der Waals surface area (Å²) in [6.07, 6.45) is 3.15. The highest BCUT2D eigenvalue weighted by Gasteiger charge is 2.09. The Kier molecular flexibility index (Phi) is 3.70. The number of amides is 1. The maximum Gasteiger partial charge on any atom is 0.292 e. The van der Waals surface area contributed by atoms with Crippen LogP contribution in [0, 0.1) is 0 Å². The summed E-state index contributed by atoms with van der Waals surface area (Å²) >= 11 is 0. The number of carbonyl (C=O) groups excluding carboxylic acids is 1. The molecule has 0 unspecified atom stereocenters. The molecular weight excluding hydrogens is 232 g/mol. The maximum atomic E-state index is 11.6. The van der Waals surface area contributed by atoms with Crippen LogP contribution in [0.5, 0.6) is 0 Å². The highest BCUT2D eigenvalue weighted by molar-refractivity contribution is 6.01. The summed E-state index contributed by atoms with van der Waals surface area (Å²) in [5.74, 6) is 0.846. The molecule has 0 aliphatic rings. The topological polar surface area (TPSA) is 80.0 Å². The number of nitrogens with zero attached hydrogens (tertiary/aromatic N) is 2. The van der Waals surface area contributed by atoms with Crippen molar-refractivity contribution in [3.63, 3.8) is 0 Å². The molecule has 0 saturated carbocycles. The van der Waals surface area contributed by atoms with E-state index in [1.807, 2.05) is 0 Å². The predicted molar refractivity (Wildman–Crippen MR) is 67.4 cm³/mol. The van der Waals surface area contributed by atoms with Crippen molar-refractivity contribution < 1.29 is 9.21 Å². The van der Waals surface area contributed by atoms with Crippen molar-refractivity contribution in [2.75, 3.05) is 17.2 Å². The molecule has 6 heteroatoms. The zero-order valence-corrected chi connectivity index (χ0v) is 9.59. The Bertz CT molecular complexity index is 520. The summed E-state index contributed by atoms with van der Waals surface area (Å²) < 4.78 is 4.96. The van der Waals surface area contributed by atoms with Gasteiger partial charge in [0.15, 0.2) is 11.6 Å². The minimum atomic E-state index is -0.360. The molecule has 0 saturated heterocycles. The lowest BCUT2D eigenvalue weighted by Crippen LogP contribution is -2.12. The fourth-order valence-corrected chi connectivity index (χ4v) is 1.26. The third-order valence-corrected chi connectivity index (χ3v) is 2.08. The standard InChI is InChI=1S/C12H12N4O2/c1-2-7-13-10-5-6-11(16-15-10)14-12(17)9-4-3-8-18-9/h2-6,8H,1,7H2,(H,13,15)(H,14,16,17). The third-order valence-electron chi connectivity index (χ3n) is 2.08. The van der Waals surface area contributed by atoms with Crippen LogP contribution in [-0.4, -0.2) is 22.6 Å². The molecule has 0 bridgehead atoms. The summed E-state index contributed by atoms with van der Waals surface area (Å²) in [6.45, 7) is 4.19. The van der Waals surface area contributed by atoms with E-state index < -0.39 is 0 Å². The van der Waals surface area contributed by atoms with Gasteiger partial charge < -0.3 is 15.1 Å². The average molecular weight is 244 g/mol. The lowest BCUT2D eigenvalue weighted by Gasteiger charge is -2.03. The van der Waals surface area contributed by atoms with Crippen LogP contribution in [0.25, 0.3) is 0 Å². The maximum absolute atomic E-state index is 11.6. The zero-order chi connectivity index (χ0) is 12.8. The van der Waals surface area contributed by atoms with Gasteiger partial charge >= 0.3 is 0 Å². The quantitative estimate of drug-likeness (QED) is 0.785. The van der Waals surface area contributed by atoms with Gasteiger partial charge in [-0.1, -0.05) is 6.08 Å². The molecule has 0 atom stereocenters. The number of hydrogen-bond donors (Lipinski definition) is 2. The highest BCUT2D eigenvalue weighted by Crippen LogP contribution is 2.08. The van der Waals surface area contributed by atoms with Crippen molar-refractivity contribution in [1.82, 2.24) is 10.2 Å². The van der Waals surface area contributed by atoms with Gasteiger partial charge in [-0.3, -0.25) is 4.79 Å². The average Bonchev–Trinajstić information content (AvgIpc) is 2.92. The van der Waals surface area contributed by atoms with Crippen LogP contribution in [0.2, 0.25) is 0 Å². The number of hydrogen-bond acceptors (Lipinski definition) is 5. The Labute approximate surface area is 104 Å². The van der Waals surface area contributed by atoms with Crippen LogP contribution in [0.15, 0.2) is 47.6 Å². The molecule has 2 aromatic heterocycles. The fraction of sp³-hybridized carbons (Fsp3) is 0.0833. The van der Waals surface area contributed by atoms with E-state index >= 15 is 0 Å². The molecule has 18 heavy (non-hydrogen) atoms. The van der Waals surface area contributed by atoms with Crippen LogP contribution < -0.4 is 10.6 Å². The number of furan rings is 1. The first-order valence-electron chi connectivity index (χ1n) is 5.33. The first-order chi connectivity index (χ1) is 8.79. The summed E-state index contributed by atoms with van der Waals surface area (Å²) in [5, 5.41) is 13.3. The molecule has 2 heterocycles. The summed E-state index contributed by atoms with van der Waals surface area (Å²) in [6, 6.07) is 6.58. The largest absolute Gasteiger partial charge is 0.459 e. The normalized spacial score (nSPS) is 9.78. The second kappa shape index (κ2) is 5.62. The van der Waals surface area contributed by atoms with Crippen molar-refractivity contribution in [2.24, 2.45) is 0 Å². The fourth-order valence-electron chi connectivity index (χ4n) is 1.26. The van der Waals surface area contributed by atoms with Gasteiger partial charge in [0.25, 0.3) is 5.91 Å². The van der Waals surface area contributed by atoms with Crippen LogP contribution in [0.3, 0.4) is 0 Å². The number of aromatic nitrogens is 2. The molecule has 0 aromatic carbocycles. The Morgan fingerprint density at radius 2 is 2.11 bits per heavy atom. The highest BCUT2D eigenvalue weighted by atomic mass is 16.3. The molecule has 0 aliphatic carbocycles. The molecular formula is C12H12N4O2. The molecule has 0 fully saturated rings. The molecule has 1 amide bonds. The molecule has 0 radical (unpaired) electrons. The van der Waals surface area contributed by atoms with Crippen molar-refractivity contribution in [3.05, 3.63) is 48.9 Å². The number of anilines is 2.